The molecule has 0 aromatic rings. The summed E-state index contributed by atoms with van der Waals surface area (Å²) in [6.45, 7) is 1.31. The molecule has 0 aromatic carbocycles. The van der Waals surface area contributed by atoms with Gasteiger partial charge in [-0.2, -0.15) is 0 Å². The third kappa shape index (κ3) is 3.05. The molecule has 1 rings (SSSR count). The highest BCUT2D eigenvalue weighted by Gasteiger charge is 2.40. The van der Waals surface area contributed by atoms with Crippen molar-refractivity contribution >= 4 is 17.7 Å². The van der Waals surface area contributed by atoms with E-state index in [4.69, 9.17) is 0 Å². The van der Waals surface area contributed by atoms with Crippen molar-refractivity contribution in [2.24, 2.45) is 0 Å². The number of ketones is 1. The van der Waals surface area contributed by atoms with Gasteiger partial charge in [0.25, 0.3) is 0 Å². The summed E-state index contributed by atoms with van der Waals surface area (Å²) < 4.78 is 0. The Morgan fingerprint density at radius 3 is 2.19 bits per heavy atom. The highest BCUT2D eigenvalue weighted by Crippen LogP contribution is 2.28. The molecule has 1 fully saturated rings. The van der Waals surface area contributed by atoms with Crippen LogP contribution in [-0.2, 0) is 14.4 Å². The molecule has 0 aromatic heterocycles. The highest BCUT2D eigenvalue weighted by molar-refractivity contribution is 5.98. The van der Waals surface area contributed by atoms with E-state index in [9.17, 15) is 19.5 Å². The lowest BCUT2D eigenvalue weighted by atomic mass is 9.81. The summed E-state index contributed by atoms with van der Waals surface area (Å²) in [7, 11) is 0. The van der Waals surface area contributed by atoms with E-state index in [2.05, 4.69) is 5.32 Å². The molecule has 5 nitrogen and oxygen atoms in total. The Balaban J connectivity index is 2.67. The summed E-state index contributed by atoms with van der Waals surface area (Å²) in [6.07, 6.45) is 3.25. The molecular weight excluding hydrogens is 210 g/mol. The van der Waals surface area contributed by atoms with Crippen LogP contribution in [0.2, 0.25) is 0 Å². The van der Waals surface area contributed by atoms with Crippen molar-refractivity contribution in [1.82, 2.24) is 5.32 Å². The molecule has 0 aliphatic heterocycles. The minimum atomic E-state index is -1.15. The molecule has 0 atom stereocenters. The van der Waals surface area contributed by atoms with E-state index in [0.29, 0.717) is 12.8 Å². The molecule has 16 heavy (non-hydrogen) atoms. The average molecular weight is 227 g/mol. The largest absolute Gasteiger partial charge is 0.480 e. The second-order valence-electron chi connectivity index (χ2n) is 4.37. The Morgan fingerprint density at radius 1 is 1.19 bits per heavy atom. The third-order valence-corrected chi connectivity index (χ3v) is 2.90. The first-order chi connectivity index (χ1) is 7.46. The van der Waals surface area contributed by atoms with Crippen molar-refractivity contribution in [3.8, 4) is 0 Å². The monoisotopic (exact) mass is 227 g/mol. The van der Waals surface area contributed by atoms with Crippen LogP contribution in [-0.4, -0.2) is 28.3 Å². The van der Waals surface area contributed by atoms with Crippen LogP contribution in [0.3, 0.4) is 0 Å². The number of carboxylic acids is 1. The number of aliphatic carboxylic acids is 1. The molecule has 0 saturated heterocycles. The lowest BCUT2D eigenvalue weighted by Gasteiger charge is -2.33. The summed E-state index contributed by atoms with van der Waals surface area (Å²) in [4.78, 5) is 33.4. The number of carbonyl (C=O) groups is 3. The van der Waals surface area contributed by atoms with E-state index >= 15 is 0 Å². The van der Waals surface area contributed by atoms with Gasteiger partial charge in [-0.05, 0) is 19.8 Å². The Kier molecular flexibility index (Phi) is 4.04. The molecule has 0 spiro atoms. The minimum Gasteiger partial charge on any atom is -0.480 e. The van der Waals surface area contributed by atoms with E-state index in [1.54, 1.807) is 0 Å². The molecule has 1 aliphatic carbocycles. The van der Waals surface area contributed by atoms with E-state index in [1.165, 1.54) is 6.92 Å². The van der Waals surface area contributed by atoms with Crippen LogP contribution in [0, 0.1) is 0 Å². The van der Waals surface area contributed by atoms with Gasteiger partial charge in [0.05, 0.1) is 6.42 Å². The molecular formula is C11H17NO4. The standard InChI is InChI=1S/C11H17NO4/c1-8(13)7-9(14)12-11(10(15)16)5-3-2-4-6-11/h2-7H2,1H3,(H,12,14)(H,15,16). The van der Waals surface area contributed by atoms with Gasteiger partial charge in [-0.1, -0.05) is 19.3 Å². The van der Waals surface area contributed by atoms with Gasteiger partial charge in [0.1, 0.15) is 11.3 Å². The fourth-order valence-corrected chi connectivity index (χ4v) is 2.08. The summed E-state index contributed by atoms with van der Waals surface area (Å²) in [5.41, 5.74) is -1.15. The molecule has 0 radical (unpaired) electrons. The van der Waals surface area contributed by atoms with Gasteiger partial charge in [0.2, 0.25) is 5.91 Å². The van der Waals surface area contributed by atoms with Crippen LogP contribution in [0.1, 0.15) is 45.4 Å². The molecule has 1 saturated carbocycles. The second kappa shape index (κ2) is 5.09. The Hall–Kier alpha value is -1.39. The molecule has 5 heteroatoms. The second-order valence-corrected chi connectivity index (χ2v) is 4.37. The number of Topliss-reactive ketones (excluding diaryl/α,β-unsaturated/α-hetero) is 1. The van der Waals surface area contributed by atoms with Crippen molar-refractivity contribution in [3.05, 3.63) is 0 Å². The highest BCUT2D eigenvalue weighted by atomic mass is 16.4. The van der Waals surface area contributed by atoms with Gasteiger partial charge in [-0.15, -0.1) is 0 Å². The van der Waals surface area contributed by atoms with E-state index in [-0.39, 0.29) is 12.2 Å². The quantitative estimate of drug-likeness (QED) is 0.698. The van der Waals surface area contributed by atoms with Crippen LogP contribution in [0.25, 0.3) is 0 Å². The molecule has 0 unspecified atom stereocenters. The molecule has 1 amide bonds. The first kappa shape index (κ1) is 12.7. The fraction of sp³-hybridized carbons (Fsp3) is 0.727. The van der Waals surface area contributed by atoms with Gasteiger partial charge in [-0.3, -0.25) is 9.59 Å². The molecule has 0 heterocycles. The van der Waals surface area contributed by atoms with Crippen LogP contribution in [0.4, 0.5) is 0 Å². The molecule has 1 aliphatic rings. The lowest BCUT2D eigenvalue weighted by molar-refractivity contribution is -0.149. The van der Waals surface area contributed by atoms with Gasteiger partial charge in [0, 0.05) is 0 Å². The first-order valence-corrected chi connectivity index (χ1v) is 5.50. The van der Waals surface area contributed by atoms with E-state index in [1.807, 2.05) is 0 Å². The molecule has 0 bridgehead atoms. The predicted molar refractivity (Wildman–Crippen MR) is 56.9 cm³/mol. The maximum Gasteiger partial charge on any atom is 0.329 e. The van der Waals surface area contributed by atoms with Crippen molar-refractivity contribution in [1.29, 1.82) is 0 Å². The predicted octanol–water partition coefficient (Wildman–Crippen LogP) is 0.869. The number of carbonyl (C=O) groups excluding carboxylic acids is 2. The van der Waals surface area contributed by atoms with Crippen LogP contribution in [0.5, 0.6) is 0 Å². The number of nitrogens with one attached hydrogen (secondary N) is 1. The van der Waals surface area contributed by atoms with Crippen LogP contribution < -0.4 is 5.32 Å². The number of hydrogen-bond acceptors (Lipinski definition) is 3. The fourth-order valence-electron chi connectivity index (χ4n) is 2.08. The Labute approximate surface area is 94.2 Å². The summed E-state index contributed by atoms with van der Waals surface area (Å²) in [6, 6.07) is 0. The van der Waals surface area contributed by atoms with Crippen molar-refractivity contribution in [3.63, 3.8) is 0 Å². The summed E-state index contributed by atoms with van der Waals surface area (Å²) in [5, 5.41) is 11.7. The number of hydrogen-bond donors (Lipinski definition) is 2. The SMILES string of the molecule is CC(=O)CC(=O)NC1(C(=O)O)CCCCC1. The number of amides is 1. The minimum absolute atomic E-state index is 0.241. The zero-order valence-corrected chi connectivity index (χ0v) is 9.41. The smallest absolute Gasteiger partial charge is 0.329 e. The van der Waals surface area contributed by atoms with Gasteiger partial charge in [0.15, 0.2) is 0 Å². The zero-order valence-electron chi connectivity index (χ0n) is 9.41. The topological polar surface area (TPSA) is 83.5 Å². The molecule has 2 N–H and O–H groups in total. The van der Waals surface area contributed by atoms with E-state index in [0.717, 1.165) is 19.3 Å². The van der Waals surface area contributed by atoms with Crippen molar-refractivity contribution in [2.75, 3.05) is 0 Å². The third-order valence-electron chi connectivity index (χ3n) is 2.90. The lowest BCUT2D eigenvalue weighted by Crippen LogP contribution is -2.55. The molecule has 90 valence electrons. The summed E-state index contributed by atoms with van der Waals surface area (Å²) in [5.74, 6) is -1.74. The zero-order chi connectivity index (χ0) is 12.2. The van der Waals surface area contributed by atoms with Crippen molar-refractivity contribution in [2.45, 2.75) is 51.0 Å². The average Bonchev–Trinajstić information content (AvgIpc) is 2.17. The Bertz CT molecular complexity index is 305. The van der Waals surface area contributed by atoms with Gasteiger partial charge < -0.3 is 10.4 Å². The van der Waals surface area contributed by atoms with Crippen LogP contribution >= 0.6 is 0 Å². The normalized spacial score (nSPS) is 18.8. The first-order valence-electron chi connectivity index (χ1n) is 5.50. The number of carboxylic acid groups (broad SMARTS) is 1. The van der Waals surface area contributed by atoms with Gasteiger partial charge in [-0.25, -0.2) is 4.79 Å². The maximum absolute atomic E-state index is 11.4. The van der Waals surface area contributed by atoms with Gasteiger partial charge >= 0.3 is 5.97 Å². The van der Waals surface area contributed by atoms with E-state index < -0.39 is 17.4 Å². The number of rotatable bonds is 4. The van der Waals surface area contributed by atoms with Crippen LogP contribution in [0.15, 0.2) is 0 Å². The van der Waals surface area contributed by atoms with Crippen molar-refractivity contribution < 1.29 is 19.5 Å². The Morgan fingerprint density at radius 2 is 1.75 bits per heavy atom. The summed E-state index contributed by atoms with van der Waals surface area (Å²) >= 11 is 0. The maximum atomic E-state index is 11.4.